The molecular formula is C23H23BrN2O3S. The van der Waals surface area contributed by atoms with E-state index in [1.54, 1.807) is 18.2 Å². The summed E-state index contributed by atoms with van der Waals surface area (Å²) in [6.07, 6.45) is 0. The first-order valence-electron chi connectivity index (χ1n) is 9.60. The number of ether oxygens (including phenoxy) is 1. The molecule has 0 aliphatic heterocycles. The maximum absolute atomic E-state index is 12.7. The van der Waals surface area contributed by atoms with Crippen LogP contribution in [0.25, 0.3) is 10.6 Å². The number of amides is 1. The summed E-state index contributed by atoms with van der Waals surface area (Å²) in [6, 6.07) is 16.2. The van der Waals surface area contributed by atoms with Crippen molar-refractivity contribution in [3.63, 3.8) is 0 Å². The Bertz CT molecular complexity index is 1030. The second kappa shape index (κ2) is 10.00. The molecule has 3 aromatic rings. The molecule has 5 nitrogen and oxygen atoms in total. The molecule has 1 heterocycles. The van der Waals surface area contributed by atoms with Gasteiger partial charge in [0.2, 0.25) is 0 Å². The maximum Gasteiger partial charge on any atom is 0.329 e. The molecule has 0 bridgehead atoms. The molecule has 3 rings (SSSR count). The number of halogens is 1. The Balaban J connectivity index is 1.67. The molecule has 0 saturated heterocycles. The van der Waals surface area contributed by atoms with E-state index in [4.69, 9.17) is 4.74 Å². The Morgan fingerprint density at radius 2 is 1.77 bits per heavy atom. The average Bonchev–Trinajstić information content (AvgIpc) is 3.11. The lowest BCUT2D eigenvalue weighted by Crippen LogP contribution is -2.45. The van der Waals surface area contributed by atoms with Gasteiger partial charge in [-0.1, -0.05) is 56.3 Å². The van der Waals surface area contributed by atoms with E-state index in [0.717, 1.165) is 21.1 Å². The smallest absolute Gasteiger partial charge is 0.329 e. The average molecular weight is 487 g/mol. The first kappa shape index (κ1) is 22.2. The molecular weight excluding hydrogens is 464 g/mol. The Hall–Kier alpha value is -2.51. The van der Waals surface area contributed by atoms with Crippen LogP contribution in [0.3, 0.4) is 0 Å². The van der Waals surface area contributed by atoms with Crippen molar-refractivity contribution >= 4 is 39.1 Å². The van der Waals surface area contributed by atoms with Crippen LogP contribution in [0, 0.1) is 12.8 Å². The Labute approximate surface area is 188 Å². The molecule has 0 radical (unpaired) electrons. The van der Waals surface area contributed by atoms with Crippen LogP contribution in [-0.2, 0) is 16.1 Å². The molecule has 0 aliphatic rings. The summed E-state index contributed by atoms with van der Waals surface area (Å²) in [5.41, 5.74) is 2.34. The molecule has 1 unspecified atom stereocenters. The van der Waals surface area contributed by atoms with Gasteiger partial charge in [0.15, 0.2) is 0 Å². The number of aryl methyl sites for hydroxylation is 1. The Morgan fingerprint density at radius 3 is 2.43 bits per heavy atom. The number of hydrogen-bond acceptors (Lipinski definition) is 5. The van der Waals surface area contributed by atoms with E-state index in [2.05, 4.69) is 26.2 Å². The predicted molar refractivity (Wildman–Crippen MR) is 122 cm³/mol. The molecule has 0 saturated carbocycles. The molecule has 2 aromatic carbocycles. The lowest BCUT2D eigenvalue weighted by molar-refractivity contribution is -0.148. The van der Waals surface area contributed by atoms with Gasteiger partial charge < -0.3 is 10.1 Å². The van der Waals surface area contributed by atoms with E-state index in [1.807, 2.05) is 57.2 Å². The molecule has 0 fully saturated rings. The molecule has 156 valence electrons. The van der Waals surface area contributed by atoms with E-state index < -0.39 is 12.0 Å². The fourth-order valence-corrected chi connectivity index (χ4v) is 4.30. The third-order valence-electron chi connectivity index (χ3n) is 4.58. The molecule has 1 amide bonds. The van der Waals surface area contributed by atoms with Crippen LogP contribution in [0.2, 0.25) is 0 Å². The van der Waals surface area contributed by atoms with Crippen molar-refractivity contribution in [2.24, 2.45) is 5.92 Å². The summed E-state index contributed by atoms with van der Waals surface area (Å²) < 4.78 is 6.23. The summed E-state index contributed by atoms with van der Waals surface area (Å²) in [5.74, 6) is -0.899. The molecule has 0 aliphatic carbocycles. The largest absolute Gasteiger partial charge is 0.458 e. The SMILES string of the molecule is Cc1nc(-c2ccccc2)sc1COC(=O)C(NC(=O)c1ccccc1Br)C(C)C. The van der Waals surface area contributed by atoms with Crippen molar-refractivity contribution in [2.45, 2.75) is 33.4 Å². The normalized spacial score (nSPS) is 11.9. The molecule has 0 spiro atoms. The summed E-state index contributed by atoms with van der Waals surface area (Å²) in [4.78, 5) is 30.8. The predicted octanol–water partition coefficient (Wildman–Crippen LogP) is 5.38. The zero-order chi connectivity index (χ0) is 21.7. The van der Waals surface area contributed by atoms with E-state index in [0.29, 0.717) is 10.0 Å². The van der Waals surface area contributed by atoms with Crippen LogP contribution in [0.1, 0.15) is 34.8 Å². The molecule has 1 atom stereocenters. The lowest BCUT2D eigenvalue weighted by atomic mass is 10.0. The summed E-state index contributed by atoms with van der Waals surface area (Å²) in [7, 11) is 0. The number of rotatable bonds is 7. The number of nitrogens with zero attached hydrogens (tertiary/aromatic N) is 1. The van der Waals surface area contributed by atoms with Gasteiger partial charge in [-0.05, 0) is 40.9 Å². The number of esters is 1. The van der Waals surface area contributed by atoms with Gasteiger partial charge in [-0.15, -0.1) is 11.3 Å². The van der Waals surface area contributed by atoms with E-state index in [1.165, 1.54) is 11.3 Å². The molecule has 7 heteroatoms. The summed E-state index contributed by atoms with van der Waals surface area (Å²) in [5, 5.41) is 3.69. The fourth-order valence-electron chi connectivity index (χ4n) is 2.85. The van der Waals surface area contributed by atoms with Gasteiger partial charge in [0, 0.05) is 10.0 Å². The van der Waals surface area contributed by atoms with Crippen molar-refractivity contribution in [2.75, 3.05) is 0 Å². The van der Waals surface area contributed by atoms with Crippen molar-refractivity contribution in [3.05, 3.63) is 75.2 Å². The van der Waals surface area contributed by atoms with E-state index >= 15 is 0 Å². The minimum absolute atomic E-state index is 0.119. The zero-order valence-electron chi connectivity index (χ0n) is 17.0. The first-order valence-corrected chi connectivity index (χ1v) is 11.2. The number of aromatic nitrogens is 1. The molecule has 1 N–H and O–H groups in total. The van der Waals surface area contributed by atoms with Crippen LogP contribution in [-0.4, -0.2) is 22.9 Å². The van der Waals surface area contributed by atoms with Gasteiger partial charge in [0.05, 0.1) is 16.1 Å². The highest BCUT2D eigenvalue weighted by molar-refractivity contribution is 9.10. The number of benzene rings is 2. The maximum atomic E-state index is 12.7. The second-order valence-corrected chi connectivity index (χ2v) is 9.11. The number of carbonyl (C=O) groups excluding carboxylic acids is 2. The van der Waals surface area contributed by atoms with Crippen molar-refractivity contribution in [1.29, 1.82) is 0 Å². The van der Waals surface area contributed by atoms with Crippen LogP contribution >= 0.6 is 27.3 Å². The zero-order valence-corrected chi connectivity index (χ0v) is 19.4. The Morgan fingerprint density at radius 1 is 1.10 bits per heavy atom. The van der Waals surface area contributed by atoms with E-state index in [9.17, 15) is 9.59 Å². The first-order chi connectivity index (χ1) is 14.4. The number of carbonyl (C=O) groups is 2. The fraction of sp³-hybridized carbons (Fsp3) is 0.261. The van der Waals surface area contributed by atoms with Crippen molar-refractivity contribution < 1.29 is 14.3 Å². The number of nitrogens with one attached hydrogen (secondary N) is 1. The molecule has 1 aromatic heterocycles. The van der Waals surface area contributed by atoms with Crippen molar-refractivity contribution in [3.8, 4) is 10.6 Å². The number of thiazole rings is 1. The Kier molecular flexibility index (Phi) is 7.39. The van der Waals surface area contributed by atoms with Gasteiger partial charge in [-0.3, -0.25) is 4.79 Å². The third kappa shape index (κ3) is 5.34. The van der Waals surface area contributed by atoms with Gasteiger partial charge >= 0.3 is 5.97 Å². The van der Waals surface area contributed by atoms with Gasteiger partial charge in [-0.25, -0.2) is 9.78 Å². The minimum atomic E-state index is -0.744. The minimum Gasteiger partial charge on any atom is -0.458 e. The molecule has 30 heavy (non-hydrogen) atoms. The quantitative estimate of drug-likeness (QED) is 0.455. The van der Waals surface area contributed by atoms with Crippen molar-refractivity contribution in [1.82, 2.24) is 10.3 Å². The van der Waals surface area contributed by atoms with Crippen LogP contribution in [0.5, 0.6) is 0 Å². The number of hydrogen-bond donors (Lipinski definition) is 1. The highest BCUT2D eigenvalue weighted by Crippen LogP contribution is 2.28. The van der Waals surface area contributed by atoms with Gasteiger partial charge in [0.25, 0.3) is 5.91 Å². The second-order valence-electron chi connectivity index (χ2n) is 7.18. The van der Waals surface area contributed by atoms with Crippen LogP contribution in [0.15, 0.2) is 59.1 Å². The third-order valence-corrected chi connectivity index (χ3v) is 6.46. The van der Waals surface area contributed by atoms with Crippen LogP contribution in [0.4, 0.5) is 0 Å². The standard InChI is InChI=1S/C23H23BrN2O3S/c1-14(2)20(26-21(27)17-11-7-8-12-18(17)24)23(28)29-13-19-15(3)25-22(30-19)16-9-5-4-6-10-16/h4-12,14,20H,13H2,1-3H3,(H,26,27). The highest BCUT2D eigenvalue weighted by Gasteiger charge is 2.27. The van der Waals surface area contributed by atoms with Gasteiger partial charge in [0.1, 0.15) is 17.7 Å². The monoisotopic (exact) mass is 486 g/mol. The highest BCUT2D eigenvalue weighted by atomic mass is 79.9. The summed E-state index contributed by atoms with van der Waals surface area (Å²) in [6.45, 7) is 5.78. The van der Waals surface area contributed by atoms with Gasteiger partial charge in [-0.2, -0.15) is 0 Å². The summed E-state index contributed by atoms with van der Waals surface area (Å²) >= 11 is 4.87. The van der Waals surface area contributed by atoms with Crippen LogP contribution < -0.4 is 5.32 Å². The van der Waals surface area contributed by atoms with E-state index in [-0.39, 0.29) is 18.4 Å². The topological polar surface area (TPSA) is 68.3 Å². The lowest BCUT2D eigenvalue weighted by Gasteiger charge is -2.21.